The van der Waals surface area contributed by atoms with Crippen molar-refractivity contribution in [1.82, 2.24) is 9.80 Å². The van der Waals surface area contributed by atoms with Gasteiger partial charge in [-0.25, -0.2) is 0 Å². The first-order chi connectivity index (χ1) is 9.53. The molecule has 0 saturated carbocycles. The Bertz CT molecular complexity index is 477. The number of nitrogens with two attached hydrogens (primary N) is 1. The van der Waals surface area contributed by atoms with Crippen LogP contribution >= 0.6 is 0 Å². The smallest absolute Gasteiger partial charge is 0.0596 e. The summed E-state index contributed by atoms with van der Waals surface area (Å²) < 4.78 is 0. The van der Waals surface area contributed by atoms with Crippen molar-refractivity contribution in [3.63, 3.8) is 0 Å². The van der Waals surface area contributed by atoms with Crippen LogP contribution in [0.4, 0.5) is 0 Å². The molecule has 0 spiro atoms. The summed E-state index contributed by atoms with van der Waals surface area (Å²) in [5.74, 6) is 0.454. The molecule has 0 amide bonds. The molecule has 1 aliphatic carbocycles. The third kappa shape index (κ3) is 2.09. The zero-order chi connectivity index (χ0) is 14.3. The highest BCUT2D eigenvalue weighted by Crippen LogP contribution is 2.42. The van der Waals surface area contributed by atoms with Gasteiger partial charge in [-0.15, -0.1) is 0 Å². The van der Waals surface area contributed by atoms with Crippen molar-refractivity contribution >= 4 is 0 Å². The lowest BCUT2D eigenvalue weighted by Gasteiger charge is -2.45. The van der Waals surface area contributed by atoms with Gasteiger partial charge in [0, 0.05) is 32.2 Å². The Morgan fingerprint density at radius 1 is 1.15 bits per heavy atom. The number of benzene rings is 1. The van der Waals surface area contributed by atoms with E-state index in [0.717, 1.165) is 32.6 Å². The third-order valence-electron chi connectivity index (χ3n) is 5.38. The number of fused-ring (bicyclic) bond motifs is 1. The molecule has 1 fully saturated rings. The maximum Gasteiger partial charge on any atom is 0.0596 e. The fourth-order valence-corrected chi connectivity index (χ4v) is 3.94. The summed E-state index contributed by atoms with van der Waals surface area (Å²) in [6.45, 7) is 9.13. The Hall–Kier alpha value is -0.900. The van der Waals surface area contributed by atoms with E-state index >= 15 is 0 Å². The molecule has 20 heavy (non-hydrogen) atoms. The zero-order valence-electron chi connectivity index (χ0n) is 13.0. The molecular formula is C17H27N3. The average Bonchev–Trinajstić information content (AvgIpc) is 2.75. The first-order valence-corrected chi connectivity index (χ1v) is 7.83. The monoisotopic (exact) mass is 273 g/mol. The normalized spacial score (nSPS) is 31.8. The standard InChI is InChI=1S/C17H27N3/c1-13(2)17(18)15-7-5-4-6-14(15)12-16(17)20-10-8-19(3)9-11-20/h4-7,13,16H,8-12,18H2,1-3H3. The quantitative estimate of drug-likeness (QED) is 0.889. The van der Waals surface area contributed by atoms with Crippen molar-refractivity contribution in [1.29, 1.82) is 0 Å². The van der Waals surface area contributed by atoms with Crippen LogP contribution < -0.4 is 5.73 Å². The summed E-state index contributed by atoms with van der Waals surface area (Å²) in [5, 5.41) is 0. The second kappa shape index (κ2) is 5.14. The summed E-state index contributed by atoms with van der Waals surface area (Å²) in [7, 11) is 2.21. The SMILES string of the molecule is CC(C)C1(N)c2ccccc2CC1N1CCN(C)CC1. The minimum Gasteiger partial charge on any atom is -0.320 e. The van der Waals surface area contributed by atoms with E-state index < -0.39 is 0 Å². The van der Waals surface area contributed by atoms with Crippen LogP contribution in [0.25, 0.3) is 0 Å². The van der Waals surface area contributed by atoms with Gasteiger partial charge >= 0.3 is 0 Å². The first-order valence-electron chi connectivity index (χ1n) is 7.83. The van der Waals surface area contributed by atoms with Crippen LogP contribution in [0.15, 0.2) is 24.3 Å². The van der Waals surface area contributed by atoms with Gasteiger partial charge in [-0.1, -0.05) is 38.1 Å². The van der Waals surface area contributed by atoms with Crippen molar-refractivity contribution < 1.29 is 0 Å². The maximum absolute atomic E-state index is 6.97. The Kier molecular flexibility index (Phi) is 3.61. The summed E-state index contributed by atoms with van der Waals surface area (Å²) in [6, 6.07) is 9.23. The van der Waals surface area contributed by atoms with Gasteiger partial charge in [0.1, 0.15) is 0 Å². The highest BCUT2D eigenvalue weighted by molar-refractivity contribution is 5.42. The van der Waals surface area contributed by atoms with Crippen LogP contribution in [0.5, 0.6) is 0 Å². The van der Waals surface area contributed by atoms with Crippen molar-refractivity contribution in [3.05, 3.63) is 35.4 Å². The van der Waals surface area contributed by atoms with E-state index in [9.17, 15) is 0 Å². The highest BCUT2D eigenvalue weighted by Gasteiger charge is 2.48. The molecule has 110 valence electrons. The number of rotatable bonds is 2. The minimum absolute atomic E-state index is 0.202. The van der Waals surface area contributed by atoms with Gasteiger partial charge in [0.2, 0.25) is 0 Å². The Morgan fingerprint density at radius 3 is 2.45 bits per heavy atom. The number of nitrogens with zero attached hydrogens (tertiary/aromatic N) is 2. The van der Waals surface area contributed by atoms with Crippen molar-refractivity contribution in [2.75, 3.05) is 33.2 Å². The Balaban J connectivity index is 1.92. The van der Waals surface area contributed by atoms with Crippen LogP contribution in [0.2, 0.25) is 0 Å². The molecular weight excluding hydrogens is 246 g/mol. The lowest BCUT2D eigenvalue weighted by atomic mass is 9.78. The Labute approximate surface area is 122 Å². The van der Waals surface area contributed by atoms with E-state index in [-0.39, 0.29) is 5.54 Å². The van der Waals surface area contributed by atoms with E-state index in [2.05, 4.69) is 55.0 Å². The molecule has 1 aliphatic heterocycles. The van der Waals surface area contributed by atoms with E-state index in [4.69, 9.17) is 5.73 Å². The molecule has 0 radical (unpaired) electrons. The second-order valence-corrected chi connectivity index (χ2v) is 6.80. The molecule has 3 nitrogen and oxygen atoms in total. The molecule has 2 unspecified atom stereocenters. The molecule has 1 heterocycles. The molecule has 2 N–H and O–H groups in total. The number of hydrogen-bond donors (Lipinski definition) is 1. The van der Waals surface area contributed by atoms with Crippen LogP contribution in [-0.2, 0) is 12.0 Å². The fourth-order valence-electron chi connectivity index (χ4n) is 3.94. The van der Waals surface area contributed by atoms with Crippen LogP contribution in [-0.4, -0.2) is 49.1 Å². The number of likely N-dealkylation sites (N-methyl/N-ethyl adjacent to an activating group) is 1. The second-order valence-electron chi connectivity index (χ2n) is 6.80. The summed E-state index contributed by atoms with van der Waals surface area (Å²) >= 11 is 0. The topological polar surface area (TPSA) is 32.5 Å². The van der Waals surface area contributed by atoms with E-state index in [1.807, 2.05) is 0 Å². The van der Waals surface area contributed by atoms with Gasteiger partial charge < -0.3 is 10.6 Å². The lowest BCUT2D eigenvalue weighted by Crippen LogP contribution is -2.60. The molecule has 3 rings (SSSR count). The van der Waals surface area contributed by atoms with Crippen molar-refractivity contribution in [3.8, 4) is 0 Å². The van der Waals surface area contributed by atoms with Crippen molar-refractivity contribution in [2.45, 2.75) is 31.8 Å². The van der Waals surface area contributed by atoms with E-state index in [1.165, 1.54) is 11.1 Å². The van der Waals surface area contributed by atoms with Crippen LogP contribution in [0.3, 0.4) is 0 Å². The van der Waals surface area contributed by atoms with Gasteiger partial charge in [0.25, 0.3) is 0 Å². The predicted molar refractivity (Wildman–Crippen MR) is 83.7 cm³/mol. The third-order valence-corrected chi connectivity index (χ3v) is 5.38. The summed E-state index contributed by atoms with van der Waals surface area (Å²) in [6.07, 6.45) is 1.11. The molecule has 1 aromatic rings. The minimum atomic E-state index is -0.202. The largest absolute Gasteiger partial charge is 0.320 e. The molecule has 1 saturated heterocycles. The zero-order valence-corrected chi connectivity index (χ0v) is 13.0. The molecule has 1 aromatic carbocycles. The Morgan fingerprint density at radius 2 is 1.80 bits per heavy atom. The van der Waals surface area contributed by atoms with Gasteiger partial charge in [0.15, 0.2) is 0 Å². The molecule has 0 bridgehead atoms. The van der Waals surface area contributed by atoms with Gasteiger partial charge in [-0.3, -0.25) is 4.90 Å². The van der Waals surface area contributed by atoms with Gasteiger partial charge in [-0.05, 0) is 30.5 Å². The predicted octanol–water partition coefficient (Wildman–Crippen LogP) is 1.67. The van der Waals surface area contributed by atoms with Crippen LogP contribution in [0.1, 0.15) is 25.0 Å². The van der Waals surface area contributed by atoms with Crippen LogP contribution in [0, 0.1) is 5.92 Å². The van der Waals surface area contributed by atoms with E-state index in [1.54, 1.807) is 0 Å². The van der Waals surface area contributed by atoms with E-state index in [0.29, 0.717) is 12.0 Å². The lowest BCUT2D eigenvalue weighted by molar-refractivity contribution is 0.0577. The number of piperazine rings is 1. The highest BCUT2D eigenvalue weighted by atomic mass is 15.3. The van der Waals surface area contributed by atoms with Gasteiger partial charge in [0.05, 0.1) is 5.54 Å². The maximum atomic E-state index is 6.97. The number of hydrogen-bond acceptors (Lipinski definition) is 3. The molecule has 3 heteroatoms. The van der Waals surface area contributed by atoms with Gasteiger partial charge in [-0.2, -0.15) is 0 Å². The first kappa shape index (κ1) is 14.1. The average molecular weight is 273 g/mol. The summed E-state index contributed by atoms with van der Waals surface area (Å²) in [4.78, 5) is 5.03. The summed E-state index contributed by atoms with van der Waals surface area (Å²) in [5.41, 5.74) is 9.59. The van der Waals surface area contributed by atoms with Crippen molar-refractivity contribution in [2.24, 2.45) is 11.7 Å². The molecule has 2 atom stereocenters. The molecule has 0 aromatic heterocycles. The molecule has 2 aliphatic rings. The fraction of sp³-hybridized carbons (Fsp3) is 0.647.